The molecule has 0 radical (unpaired) electrons. The molecule has 1 aliphatic rings. The van der Waals surface area contributed by atoms with Crippen LogP contribution in [-0.2, 0) is 4.74 Å². The number of carbonyl (C=O) groups is 1. The van der Waals surface area contributed by atoms with Gasteiger partial charge >= 0.3 is 5.97 Å². The Kier molecular flexibility index (Phi) is 3.50. The van der Waals surface area contributed by atoms with Gasteiger partial charge in [-0.15, -0.1) is 0 Å². The van der Waals surface area contributed by atoms with Gasteiger partial charge in [-0.05, 0) is 25.1 Å². The lowest BCUT2D eigenvalue weighted by Crippen LogP contribution is -2.57. The van der Waals surface area contributed by atoms with E-state index in [9.17, 15) is 9.90 Å². The first kappa shape index (κ1) is 14.1. The smallest absolute Gasteiger partial charge is 0.335 e. The monoisotopic (exact) mass is 271 g/mol. The van der Waals surface area contributed by atoms with Crippen LogP contribution in [0.2, 0.25) is 0 Å². The van der Waals surface area contributed by atoms with E-state index >= 15 is 0 Å². The fourth-order valence-corrected chi connectivity index (χ4v) is 1.80. The predicted molar refractivity (Wildman–Crippen MR) is 69.8 cm³/mol. The minimum absolute atomic E-state index is 0.124. The molecule has 20 heavy (non-hydrogen) atoms. The summed E-state index contributed by atoms with van der Waals surface area (Å²) in [6, 6.07) is 8.15. The number of nitrogens with zero attached hydrogens (tertiary/aromatic N) is 1. The molecule has 2 rings (SSSR count). The molecule has 1 atom stereocenters. The molecular formula is C15H13NO4. The van der Waals surface area contributed by atoms with Gasteiger partial charge in [0, 0.05) is 5.56 Å². The van der Waals surface area contributed by atoms with Gasteiger partial charge in [0.1, 0.15) is 11.0 Å². The average Bonchev–Trinajstić information content (AvgIpc) is 2.36. The van der Waals surface area contributed by atoms with E-state index in [4.69, 9.17) is 15.1 Å². The maximum atomic E-state index is 10.9. The highest BCUT2D eigenvalue weighted by Gasteiger charge is 2.53. The number of aromatic carboxylic acids is 1. The summed E-state index contributed by atoms with van der Waals surface area (Å²) in [4.78, 5) is 10.9. The molecule has 0 aliphatic carbocycles. The molecule has 0 unspecified atom stereocenters. The highest BCUT2D eigenvalue weighted by Crippen LogP contribution is 2.37. The Bertz CT molecular complexity index is 642. The first-order valence-corrected chi connectivity index (χ1v) is 5.98. The van der Waals surface area contributed by atoms with Gasteiger partial charge in [0.05, 0.1) is 24.8 Å². The van der Waals surface area contributed by atoms with Gasteiger partial charge in [0.25, 0.3) is 0 Å². The van der Waals surface area contributed by atoms with E-state index in [1.54, 1.807) is 12.1 Å². The topological polar surface area (TPSA) is 90.5 Å². The molecule has 0 aromatic heterocycles. The Balaban J connectivity index is 2.29. The Labute approximate surface area is 116 Å². The summed E-state index contributed by atoms with van der Waals surface area (Å²) in [5.41, 5.74) is -1.94. The predicted octanol–water partition coefficient (Wildman–Crippen LogP) is 1.03. The van der Waals surface area contributed by atoms with Crippen molar-refractivity contribution in [3.63, 3.8) is 0 Å². The maximum absolute atomic E-state index is 10.9. The second-order valence-electron chi connectivity index (χ2n) is 4.89. The van der Waals surface area contributed by atoms with Crippen molar-refractivity contribution < 1.29 is 19.7 Å². The number of benzene rings is 1. The van der Waals surface area contributed by atoms with Crippen LogP contribution in [0.4, 0.5) is 0 Å². The van der Waals surface area contributed by atoms with Crippen LogP contribution in [0, 0.1) is 28.6 Å². The van der Waals surface area contributed by atoms with Crippen LogP contribution in [-0.4, -0.2) is 35.0 Å². The van der Waals surface area contributed by atoms with Crippen molar-refractivity contribution in [1.29, 1.82) is 5.26 Å². The van der Waals surface area contributed by atoms with Gasteiger partial charge < -0.3 is 14.9 Å². The van der Waals surface area contributed by atoms with Crippen molar-refractivity contribution in [1.82, 2.24) is 0 Å². The Morgan fingerprint density at radius 1 is 1.50 bits per heavy atom. The lowest BCUT2D eigenvalue weighted by Gasteiger charge is -2.42. The number of hydrogen-bond acceptors (Lipinski definition) is 4. The molecule has 0 spiro atoms. The van der Waals surface area contributed by atoms with Crippen LogP contribution in [0.25, 0.3) is 0 Å². The second-order valence-corrected chi connectivity index (χ2v) is 4.89. The number of rotatable bonds is 2. The van der Waals surface area contributed by atoms with Gasteiger partial charge in [0.15, 0.2) is 0 Å². The number of carboxylic acids is 1. The molecule has 0 saturated carbocycles. The van der Waals surface area contributed by atoms with E-state index in [0.717, 1.165) is 0 Å². The van der Waals surface area contributed by atoms with Gasteiger partial charge in [-0.3, -0.25) is 0 Å². The van der Waals surface area contributed by atoms with Crippen LogP contribution in [0.5, 0.6) is 0 Å². The third-order valence-electron chi connectivity index (χ3n) is 3.40. The fourth-order valence-electron chi connectivity index (χ4n) is 1.80. The summed E-state index contributed by atoms with van der Waals surface area (Å²) in [6.07, 6.45) is 0. The molecule has 1 aliphatic heterocycles. The Morgan fingerprint density at radius 3 is 2.70 bits per heavy atom. The zero-order chi connectivity index (χ0) is 14.8. The summed E-state index contributed by atoms with van der Waals surface area (Å²) >= 11 is 0. The lowest BCUT2D eigenvalue weighted by atomic mass is 9.72. The molecule has 1 saturated heterocycles. The lowest BCUT2D eigenvalue weighted by molar-refractivity contribution is -0.158. The van der Waals surface area contributed by atoms with E-state index in [1.165, 1.54) is 19.1 Å². The summed E-state index contributed by atoms with van der Waals surface area (Å²) in [7, 11) is 0. The standard InChI is InChI=1S/C15H13NO4/c1-14(19,15(8-16)9-20-10-15)6-5-11-3-2-4-12(7-11)13(17)18/h2-4,7,19H,9-10H2,1H3,(H,17,18)/t14-/m0/s1. The highest BCUT2D eigenvalue weighted by molar-refractivity contribution is 5.88. The third-order valence-corrected chi connectivity index (χ3v) is 3.40. The van der Waals surface area contributed by atoms with E-state index in [0.29, 0.717) is 5.56 Å². The minimum Gasteiger partial charge on any atom is -0.478 e. The summed E-state index contributed by atoms with van der Waals surface area (Å²) in [6.45, 7) is 1.74. The molecule has 0 amide bonds. The van der Waals surface area contributed by atoms with Crippen LogP contribution in [0.1, 0.15) is 22.8 Å². The van der Waals surface area contributed by atoms with Crippen LogP contribution >= 0.6 is 0 Å². The number of ether oxygens (including phenoxy) is 1. The van der Waals surface area contributed by atoms with Crippen LogP contribution in [0.15, 0.2) is 24.3 Å². The number of hydrogen-bond donors (Lipinski definition) is 2. The maximum Gasteiger partial charge on any atom is 0.335 e. The van der Waals surface area contributed by atoms with E-state index < -0.39 is 17.0 Å². The van der Waals surface area contributed by atoms with Gasteiger partial charge in [-0.1, -0.05) is 17.9 Å². The highest BCUT2D eigenvalue weighted by atomic mass is 16.5. The summed E-state index contributed by atoms with van der Waals surface area (Å²) in [5, 5.41) is 28.4. The molecular weight excluding hydrogens is 258 g/mol. The van der Waals surface area contributed by atoms with Crippen molar-refractivity contribution in [2.45, 2.75) is 12.5 Å². The first-order chi connectivity index (χ1) is 9.40. The first-order valence-electron chi connectivity index (χ1n) is 5.98. The molecule has 1 aromatic carbocycles. The van der Waals surface area contributed by atoms with Crippen molar-refractivity contribution in [3.8, 4) is 17.9 Å². The Hall–Kier alpha value is -2.34. The fraction of sp³-hybridized carbons (Fsp3) is 0.333. The van der Waals surface area contributed by atoms with E-state index in [-0.39, 0.29) is 18.8 Å². The van der Waals surface area contributed by atoms with Crippen molar-refractivity contribution in [2.24, 2.45) is 5.41 Å². The van der Waals surface area contributed by atoms with Gasteiger partial charge in [-0.2, -0.15) is 5.26 Å². The molecule has 1 aromatic rings. The molecule has 1 fully saturated rings. The van der Waals surface area contributed by atoms with E-state index in [1.807, 2.05) is 6.07 Å². The minimum atomic E-state index is -1.51. The molecule has 2 N–H and O–H groups in total. The zero-order valence-corrected chi connectivity index (χ0v) is 10.9. The third kappa shape index (κ3) is 2.37. The zero-order valence-electron chi connectivity index (χ0n) is 10.9. The number of carboxylic acid groups (broad SMARTS) is 1. The largest absolute Gasteiger partial charge is 0.478 e. The van der Waals surface area contributed by atoms with Crippen molar-refractivity contribution in [2.75, 3.05) is 13.2 Å². The molecule has 5 nitrogen and oxygen atoms in total. The summed E-state index contributed by atoms with van der Waals surface area (Å²) in [5.74, 6) is 4.32. The number of nitriles is 1. The van der Waals surface area contributed by atoms with Crippen LogP contribution in [0.3, 0.4) is 0 Å². The normalized spacial score (nSPS) is 18.6. The Morgan fingerprint density at radius 2 is 2.20 bits per heavy atom. The quantitative estimate of drug-likeness (QED) is 0.784. The molecule has 0 bridgehead atoms. The molecule has 102 valence electrons. The SMILES string of the molecule is C[C@](O)(C#Cc1cccc(C(=O)O)c1)C1(C#N)COC1. The number of aliphatic hydroxyl groups is 1. The van der Waals surface area contributed by atoms with Crippen molar-refractivity contribution >= 4 is 5.97 Å². The molecule has 5 heteroatoms. The average molecular weight is 271 g/mol. The summed E-state index contributed by atoms with van der Waals surface area (Å²) < 4.78 is 4.99. The van der Waals surface area contributed by atoms with Gasteiger partial charge in [0.2, 0.25) is 0 Å². The van der Waals surface area contributed by atoms with E-state index in [2.05, 4.69) is 11.8 Å². The van der Waals surface area contributed by atoms with Crippen molar-refractivity contribution in [3.05, 3.63) is 35.4 Å². The second kappa shape index (κ2) is 4.97. The molecule has 1 heterocycles. The van der Waals surface area contributed by atoms with Gasteiger partial charge in [-0.25, -0.2) is 4.79 Å². The van der Waals surface area contributed by atoms with Crippen LogP contribution < -0.4 is 0 Å².